The number of methoxy groups -OCH3 is 1. The molecule has 0 saturated carbocycles. The van der Waals surface area contributed by atoms with Crippen molar-refractivity contribution in [3.05, 3.63) is 98.8 Å². The molecule has 1 amide bonds. The van der Waals surface area contributed by atoms with Gasteiger partial charge in [-0.25, -0.2) is 4.39 Å². The Morgan fingerprint density at radius 1 is 1.03 bits per heavy atom. The van der Waals surface area contributed by atoms with Crippen LogP contribution in [0.25, 0.3) is 5.76 Å². The number of aryl methyl sites for hydroxylation is 3. The standard InChI is InChI=1S/C27H23ClFNO4/c1-14-11-19(26(34-4)20(28)12-14)24(31)22-23(18-7-5-6-8-21(18)29)30(27(33)25(22)32)17-10-9-15(2)16(3)13-17/h5-13,23,31H,1-4H3/b24-22+. The van der Waals surface area contributed by atoms with Gasteiger partial charge < -0.3 is 9.84 Å². The average Bonchev–Trinajstić information content (AvgIpc) is 3.05. The number of aliphatic hydroxyl groups is 1. The summed E-state index contributed by atoms with van der Waals surface area (Å²) in [5.74, 6) is -2.74. The molecular formula is C27H23ClFNO4. The molecule has 5 nitrogen and oxygen atoms in total. The van der Waals surface area contributed by atoms with Crippen LogP contribution in [-0.2, 0) is 9.59 Å². The van der Waals surface area contributed by atoms with E-state index in [9.17, 15) is 14.7 Å². The number of benzene rings is 3. The highest BCUT2D eigenvalue weighted by Gasteiger charge is 2.48. The van der Waals surface area contributed by atoms with Gasteiger partial charge in [0.25, 0.3) is 11.7 Å². The van der Waals surface area contributed by atoms with Crippen molar-refractivity contribution in [2.45, 2.75) is 26.8 Å². The number of nitrogens with zero attached hydrogens (tertiary/aromatic N) is 1. The summed E-state index contributed by atoms with van der Waals surface area (Å²) >= 11 is 6.31. The Kier molecular flexibility index (Phi) is 6.19. The van der Waals surface area contributed by atoms with Crippen molar-refractivity contribution in [2.75, 3.05) is 12.0 Å². The molecule has 1 aliphatic heterocycles. The van der Waals surface area contributed by atoms with E-state index < -0.39 is 29.3 Å². The summed E-state index contributed by atoms with van der Waals surface area (Å²) in [6.45, 7) is 5.58. The van der Waals surface area contributed by atoms with Gasteiger partial charge in [0.1, 0.15) is 17.3 Å². The molecule has 0 bridgehead atoms. The van der Waals surface area contributed by atoms with Crippen LogP contribution in [0, 0.1) is 26.6 Å². The molecule has 1 saturated heterocycles. The van der Waals surface area contributed by atoms with Crippen LogP contribution in [0.2, 0.25) is 5.02 Å². The molecule has 0 radical (unpaired) electrons. The number of anilines is 1. The second kappa shape index (κ2) is 8.95. The highest BCUT2D eigenvalue weighted by atomic mass is 35.5. The topological polar surface area (TPSA) is 66.8 Å². The first-order chi connectivity index (χ1) is 16.1. The van der Waals surface area contributed by atoms with E-state index in [0.29, 0.717) is 11.3 Å². The molecule has 0 aliphatic carbocycles. The summed E-state index contributed by atoms with van der Waals surface area (Å²) < 4.78 is 20.4. The van der Waals surface area contributed by atoms with Crippen LogP contribution in [0.4, 0.5) is 10.1 Å². The Labute approximate surface area is 202 Å². The molecule has 0 spiro atoms. The van der Waals surface area contributed by atoms with E-state index in [1.54, 1.807) is 37.3 Å². The number of amides is 1. The zero-order valence-electron chi connectivity index (χ0n) is 19.1. The molecule has 4 rings (SSSR count). The van der Waals surface area contributed by atoms with Crippen molar-refractivity contribution >= 4 is 34.7 Å². The van der Waals surface area contributed by atoms with Crippen LogP contribution in [0.15, 0.2) is 60.2 Å². The highest BCUT2D eigenvalue weighted by molar-refractivity contribution is 6.51. The van der Waals surface area contributed by atoms with Crippen LogP contribution in [0.1, 0.15) is 33.9 Å². The van der Waals surface area contributed by atoms with Gasteiger partial charge in [-0.15, -0.1) is 0 Å². The normalized spacial score (nSPS) is 17.4. The molecule has 1 heterocycles. The maximum Gasteiger partial charge on any atom is 0.300 e. The Hall–Kier alpha value is -3.64. The van der Waals surface area contributed by atoms with E-state index >= 15 is 4.39 Å². The number of hydrogen-bond donors (Lipinski definition) is 1. The van der Waals surface area contributed by atoms with Gasteiger partial charge in [-0.3, -0.25) is 14.5 Å². The number of Topliss-reactive ketones (excluding diaryl/α,β-unsaturated/α-hetero) is 1. The Morgan fingerprint density at radius 2 is 1.74 bits per heavy atom. The number of carbonyl (C=O) groups is 2. The molecule has 1 fully saturated rings. The summed E-state index contributed by atoms with van der Waals surface area (Å²) in [7, 11) is 1.38. The molecule has 1 aliphatic rings. The van der Waals surface area contributed by atoms with Crippen molar-refractivity contribution in [3.63, 3.8) is 0 Å². The number of carbonyl (C=O) groups excluding carboxylic acids is 2. The van der Waals surface area contributed by atoms with Crippen molar-refractivity contribution in [1.29, 1.82) is 0 Å². The summed E-state index contributed by atoms with van der Waals surface area (Å²) in [5.41, 5.74) is 3.02. The third-order valence-corrected chi connectivity index (χ3v) is 6.34. The first kappa shape index (κ1) is 23.5. The minimum Gasteiger partial charge on any atom is -0.507 e. The minimum atomic E-state index is -1.19. The lowest BCUT2D eigenvalue weighted by atomic mass is 9.94. The first-order valence-electron chi connectivity index (χ1n) is 10.6. The lowest BCUT2D eigenvalue weighted by Gasteiger charge is -2.26. The van der Waals surface area contributed by atoms with Gasteiger partial charge in [0.15, 0.2) is 0 Å². The second-order valence-electron chi connectivity index (χ2n) is 8.29. The fraction of sp³-hybridized carbons (Fsp3) is 0.185. The summed E-state index contributed by atoms with van der Waals surface area (Å²) in [4.78, 5) is 27.8. The Bertz CT molecular complexity index is 1360. The van der Waals surface area contributed by atoms with E-state index in [1.807, 2.05) is 19.9 Å². The van der Waals surface area contributed by atoms with E-state index in [0.717, 1.165) is 11.1 Å². The predicted molar refractivity (Wildman–Crippen MR) is 130 cm³/mol. The van der Waals surface area contributed by atoms with E-state index in [1.165, 1.54) is 30.2 Å². The molecule has 174 valence electrons. The Balaban J connectivity index is 2.04. The Morgan fingerprint density at radius 3 is 2.38 bits per heavy atom. The molecule has 7 heteroatoms. The average molecular weight is 480 g/mol. The smallest absolute Gasteiger partial charge is 0.300 e. The third kappa shape index (κ3) is 3.84. The van der Waals surface area contributed by atoms with Crippen LogP contribution in [0.3, 0.4) is 0 Å². The largest absolute Gasteiger partial charge is 0.507 e. The van der Waals surface area contributed by atoms with Crippen LogP contribution >= 0.6 is 11.6 Å². The maximum absolute atomic E-state index is 15.0. The monoisotopic (exact) mass is 479 g/mol. The number of ketones is 1. The van der Waals surface area contributed by atoms with Crippen LogP contribution in [0.5, 0.6) is 5.75 Å². The van der Waals surface area contributed by atoms with Gasteiger partial charge >= 0.3 is 0 Å². The van der Waals surface area contributed by atoms with Gasteiger partial charge in [-0.2, -0.15) is 0 Å². The predicted octanol–water partition coefficient (Wildman–Crippen LogP) is 6.04. The summed E-state index contributed by atoms with van der Waals surface area (Å²) in [6.07, 6.45) is 0. The van der Waals surface area contributed by atoms with Gasteiger partial charge in [-0.1, -0.05) is 35.9 Å². The number of ether oxygens (including phenoxy) is 1. The maximum atomic E-state index is 15.0. The van der Waals surface area contributed by atoms with Crippen molar-refractivity contribution in [3.8, 4) is 5.75 Å². The lowest BCUT2D eigenvalue weighted by molar-refractivity contribution is -0.132. The molecule has 1 N–H and O–H groups in total. The lowest BCUT2D eigenvalue weighted by Crippen LogP contribution is -2.30. The van der Waals surface area contributed by atoms with E-state index in [-0.39, 0.29) is 27.5 Å². The molecule has 3 aromatic carbocycles. The van der Waals surface area contributed by atoms with Gasteiger partial charge in [0, 0.05) is 11.3 Å². The zero-order chi connectivity index (χ0) is 24.7. The van der Waals surface area contributed by atoms with Crippen molar-refractivity contribution in [2.24, 2.45) is 0 Å². The van der Waals surface area contributed by atoms with Gasteiger partial charge in [0.05, 0.1) is 29.3 Å². The second-order valence-corrected chi connectivity index (χ2v) is 8.69. The fourth-order valence-corrected chi connectivity index (χ4v) is 4.57. The van der Waals surface area contributed by atoms with Crippen LogP contribution in [-0.4, -0.2) is 23.9 Å². The quantitative estimate of drug-likeness (QED) is 0.281. The number of hydrogen-bond acceptors (Lipinski definition) is 4. The zero-order valence-corrected chi connectivity index (χ0v) is 19.9. The molecule has 1 atom stereocenters. The van der Waals surface area contributed by atoms with E-state index in [4.69, 9.17) is 16.3 Å². The molecular weight excluding hydrogens is 457 g/mol. The SMILES string of the molecule is COc1c(Cl)cc(C)cc1/C(O)=C1\C(=O)C(=O)N(c2ccc(C)c(C)c2)C1c1ccccc1F. The minimum absolute atomic E-state index is 0.0826. The summed E-state index contributed by atoms with van der Waals surface area (Å²) in [5, 5.41) is 11.6. The van der Waals surface area contributed by atoms with Gasteiger partial charge in [0.2, 0.25) is 0 Å². The van der Waals surface area contributed by atoms with Gasteiger partial charge in [-0.05, 0) is 67.8 Å². The summed E-state index contributed by atoms with van der Waals surface area (Å²) in [6, 6.07) is 13.2. The fourth-order valence-electron chi connectivity index (χ4n) is 4.22. The molecule has 1 unspecified atom stereocenters. The van der Waals surface area contributed by atoms with Crippen molar-refractivity contribution in [1.82, 2.24) is 0 Å². The van der Waals surface area contributed by atoms with Crippen LogP contribution < -0.4 is 9.64 Å². The molecule has 3 aromatic rings. The number of rotatable bonds is 4. The third-order valence-electron chi connectivity index (χ3n) is 6.06. The van der Waals surface area contributed by atoms with Crippen molar-refractivity contribution < 1.29 is 23.8 Å². The number of aliphatic hydroxyl groups excluding tert-OH is 1. The van der Waals surface area contributed by atoms with E-state index in [2.05, 4.69) is 0 Å². The first-order valence-corrected chi connectivity index (χ1v) is 11.0. The number of halogens is 2. The molecule has 0 aromatic heterocycles. The molecule has 34 heavy (non-hydrogen) atoms. The highest BCUT2D eigenvalue weighted by Crippen LogP contribution is 2.45.